The van der Waals surface area contributed by atoms with Crippen molar-refractivity contribution in [2.75, 3.05) is 13.1 Å². The molecule has 1 N–H and O–H groups in total. The maximum absolute atomic E-state index is 13.9. The topological polar surface area (TPSA) is 56.1 Å². The van der Waals surface area contributed by atoms with Crippen molar-refractivity contribution in [3.63, 3.8) is 0 Å². The number of benzene rings is 1. The first kappa shape index (κ1) is 17.1. The van der Waals surface area contributed by atoms with Crippen LogP contribution >= 0.6 is 0 Å². The third-order valence-corrected chi connectivity index (χ3v) is 3.37. The molecule has 0 spiro atoms. The molecule has 0 bridgehead atoms. The fourth-order valence-corrected chi connectivity index (χ4v) is 2.19. The van der Waals surface area contributed by atoms with E-state index in [0.717, 1.165) is 0 Å². The molecule has 0 saturated heterocycles. The molecule has 114 valence electrons. The zero-order valence-corrected chi connectivity index (χ0v) is 13.0. The van der Waals surface area contributed by atoms with Crippen LogP contribution in [0.1, 0.15) is 38.8 Å². The van der Waals surface area contributed by atoms with E-state index in [0.29, 0.717) is 18.7 Å². The summed E-state index contributed by atoms with van der Waals surface area (Å²) in [6, 6.07) is 6.21. The van der Waals surface area contributed by atoms with Gasteiger partial charge in [-0.1, -0.05) is 13.0 Å². The van der Waals surface area contributed by atoms with Crippen LogP contribution in [0.3, 0.4) is 0 Å². The molecular formula is C16H22FN3O. The van der Waals surface area contributed by atoms with Crippen molar-refractivity contribution >= 4 is 5.91 Å². The second-order valence-corrected chi connectivity index (χ2v) is 5.39. The highest BCUT2D eigenvalue weighted by molar-refractivity contribution is 5.85. The van der Waals surface area contributed by atoms with Gasteiger partial charge in [-0.15, -0.1) is 0 Å². The Labute approximate surface area is 125 Å². The van der Waals surface area contributed by atoms with Gasteiger partial charge in [0.05, 0.1) is 17.2 Å². The number of nitriles is 1. The molecule has 0 aliphatic rings. The maximum atomic E-state index is 13.9. The van der Waals surface area contributed by atoms with Gasteiger partial charge in [-0.05, 0) is 39.4 Å². The SMILES string of the molecule is CCNC(C)(C)C(=O)N(CC)Cc1ccc(C#N)cc1F. The lowest BCUT2D eigenvalue weighted by molar-refractivity contribution is -0.137. The van der Waals surface area contributed by atoms with E-state index in [2.05, 4.69) is 5.32 Å². The van der Waals surface area contributed by atoms with E-state index < -0.39 is 11.4 Å². The average Bonchev–Trinajstić information content (AvgIpc) is 2.45. The first-order valence-corrected chi connectivity index (χ1v) is 7.08. The van der Waals surface area contributed by atoms with Crippen LogP contribution in [0.2, 0.25) is 0 Å². The summed E-state index contributed by atoms with van der Waals surface area (Å²) in [5, 5.41) is 11.9. The Hall–Kier alpha value is -1.93. The van der Waals surface area contributed by atoms with Gasteiger partial charge in [0.1, 0.15) is 5.82 Å². The minimum absolute atomic E-state index is 0.0735. The molecular weight excluding hydrogens is 269 g/mol. The number of likely N-dealkylation sites (N-methyl/N-ethyl adjacent to an activating group) is 2. The van der Waals surface area contributed by atoms with Crippen LogP contribution in [0.15, 0.2) is 18.2 Å². The molecule has 0 aliphatic heterocycles. The minimum Gasteiger partial charge on any atom is -0.337 e. The molecule has 1 aromatic carbocycles. The summed E-state index contributed by atoms with van der Waals surface area (Å²) in [5.74, 6) is -0.530. The van der Waals surface area contributed by atoms with Crippen molar-refractivity contribution in [3.05, 3.63) is 35.1 Å². The number of hydrogen-bond donors (Lipinski definition) is 1. The zero-order valence-electron chi connectivity index (χ0n) is 13.0. The van der Waals surface area contributed by atoms with Crippen LogP contribution in [0, 0.1) is 17.1 Å². The Morgan fingerprint density at radius 1 is 1.43 bits per heavy atom. The summed E-state index contributed by atoms with van der Waals surface area (Å²) in [7, 11) is 0. The summed E-state index contributed by atoms with van der Waals surface area (Å²) in [4.78, 5) is 14.1. The predicted molar refractivity (Wildman–Crippen MR) is 80.0 cm³/mol. The lowest BCUT2D eigenvalue weighted by Gasteiger charge is -2.32. The molecule has 4 nitrogen and oxygen atoms in total. The van der Waals surface area contributed by atoms with Crippen LogP contribution in [0.4, 0.5) is 4.39 Å². The monoisotopic (exact) mass is 291 g/mol. The highest BCUT2D eigenvalue weighted by atomic mass is 19.1. The normalized spacial score (nSPS) is 11.0. The lowest BCUT2D eigenvalue weighted by Crippen LogP contribution is -2.53. The summed E-state index contributed by atoms with van der Waals surface area (Å²) < 4.78 is 13.9. The minimum atomic E-state index is -0.687. The van der Waals surface area contributed by atoms with Gasteiger partial charge < -0.3 is 10.2 Å². The van der Waals surface area contributed by atoms with Gasteiger partial charge in [-0.2, -0.15) is 5.26 Å². The van der Waals surface area contributed by atoms with Crippen LogP contribution in [-0.2, 0) is 11.3 Å². The lowest BCUT2D eigenvalue weighted by atomic mass is 10.0. The fourth-order valence-electron chi connectivity index (χ4n) is 2.19. The van der Waals surface area contributed by atoms with Crippen molar-refractivity contribution in [1.29, 1.82) is 5.26 Å². The highest BCUT2D eigenvalue weighted by Crippen LogP contribution is 2.15. The molecule has 1 rings (SSSR count). The summed E-state index contributed by atoms with van der Waals surface area (Å²) in [6.07, 6.45) is 0. The number of carbonyl (C=O) groups excluding carboxylic acids is 1. The molecule has 1 aromatic rings. The Morgan fingerprint density at radius 2 is 2.10 bits per heavy atom. The zero-order chi connectivity index (χ0) is 16.0. The largest absolute Gasteiger partial charge is 0.337 e. The van der Waals surface area contributed by atoms with Crippen molar-refractivity contribution in [2.45, 2.75) is 39.8 Å². The van der Waals surface area contributed by atoms with E-state index in [9.17, 15) is 9.18 Å². The maximum Gasteiger partial charge on any atom is 0.242 e. The number of nitrogens with one attached hydrogen (secondary N) is 1. The molecule has 0 heterocycles. The van der Waals surface area contributed by atoms with Gasteiger partial charge in [0.15, 0.2) is 0 Å². The van der Waals surface area contributed by atoms with Crippen LogP contribution in [0.5, 0.6) is 0 Å². The third-order valence-electron chi connectivity index (χ3n) is 3.37. The van der Waals surface area contributed by atoms with Gasteiger partial charge in [0.25, 0.3) is 0 Å². The second kappa shape index (κ2) is 7.19. The summed E-state index contributed by atoms with van der Waals surface area (Å²) in [5.41, 5.74) is 0.00323. The molecule has 0 aliphatic carbocycles. The van der Waals surface area contributed by atoms with Gasteiger partial charge in [0.2, 0.25) is 5.91 Å². The second-order valence-electron chi connectivity index (χ2n) is 5.39. The fraction of sp³-hybridized carbons (Fsp3) is 0.500. The Kier molecular flexibility index (Phi) is 5.86. The molecule has 1 amide bonds. The van der Waals surface area contributed by atoms with Crippen molar-refractivity contribution in [2.24, 2.45) is 0 Å². The van der Waals surface area contributed by atoms with Gasteiger partial charge in [0, 0.05) is 18.7 Å². The predicted octanol–water partition coefficient (Wildman–Crippen LogP) is 2.43. The van der Waals surface area contributed by atoms with Crippen LogP contribution in [-0.4, -0.2) is 29.4 Å². The molecule has 5 heteroatoms. The molecule has 21 heavy (non-hydrogen) atoms. The van der Waals surface area contributed by atoms with Crippen LogP contribution in [0.25, 0.3) is 0 Å². The van der Waals surface area contributed by atoms with Crippen LogP contribution < -0.4 is 5.32 Å². The molecule has 0 aromatic heterocycles. The average molecular weight is 291 g/mol. The number of halogens is 1. The number of carbonyl (C=O) groups is 1. The van der Waals surface area contributed by atoms with Crippen molar-refractivity contribution < 1.29 is 9.18 Å². The van der Waals surface area contributed by atoms with E-state index in [4.69, 9.17) is 5.26 Å². The standard InChI is InChI=1S/C16H22FN3O/c1-5-19-16(3,4)15(21)20(6-2)11-13-8-7-12(10-18)9-14(13)17/h7-9,19H,5-6,11H2,1-4H3. The van der Waals surface area contributed by atoms with E-state index in [1.165, 1.54) is 6.07 Å². The van der Waals surface area contributed by atoms with E-state index >= 15 is 0 Å². The molecule has 0 atom stereocenters. The number of amides is 1. The van der Waals surface area contributed by atoms with Gasteiger partial charge in [-0.25, -0.2) is 4.39 Å². The number of hydrogen-bond acceptors (Lipinski definition) is 3. The summed E-state index contributed by atoms with van der Waals surface area (Å²) in [6.45, 7) is 8.80. The Morgan fingerprint density at radius 3 is 2.57 bits per heavy atom. The third kappa shape index (κ3) is 4.27. The van der Waals surface area contributed by atoms with Crippen molar-refractivity contribution in [3.8, 4) is 6.07 Å². The quantitative estimate of drug-likeness (QED) is 0.876. The van der Waals surface area contributed by atoms with E-state index in [1.807, 2.05) is 33.8 Å². The van der Waals surface area contributed by atoms with E-state index in [-0.39, 0.29) is 18.0 Å². The number of nitrogens with zero attached hydrogens (tertiary/aromatic N) is 2. The van der Waals surface area contributed by atoms with Gasteiger partial charge in [-0.3, -0.25) is 4.79 Å². The first-order valence-electron chi connectivity index (χ1n) is 7.08. The molecule has 0 unspecified atom stereocenters. The number of rotatable bonds is 6. The Balaban J connectivity index is 2.93. The molecule has 0 radical (unpaired) electrons. The smallest absolute Gasteiger partial charge is 0.242 e. The molecule has 0 fully saturated rings. The first-order chi connectivity index (χ1) is 9.85. The van der Waals surface area contributed by atoms with Crippen molar-refractivity contribution in [1.82, 2.24) is 10.2 Å². The molecule has 0 saturated carbocycles. The van der Waals surface area contributed by atoms with E-state index in [1.54, 1.807) is 17.0 Å². The summed E-state index contributed by atoms with van der Waals surface area (Å²) >= 11 is 0. The Bertz CT molecular complexity index is 549. The van der Waals surface area contributed by atoms with Gasteiger partial charge >= 0.3 is 0 Å². The highest BCUT2D eigenvalue weighted by Gasteiger charge is 2.30.